The largest absolute Gasteiger partial charge is 0.396 e. The van der Waals surface area contributed by atoms with Crippen molar-refractivity contribution in [2.45, 2.75) is 0 Å². The van der Waals surface area contributed by atoms with Crippen molar-refractivity contribution in [2.24, 2.45) is 0 Å². The number of thiocarbonyl (C=S) groups is 1. The van der Waals surface area contributed by atoms with Gasteiger partial charge in [-0.3, -0.25) is 10.1 Å². The van der Waals surface area contributed by atoms with Gasteiger partial charge in [0.15, 0.2) is 28.4 Å². The average Bonchev–Trinajstić information content (AvgIpc) is 2.76. The third kappa shape index (κ3) is 6.74. The summed E-state index contributed by atoms with van der Waals surface area (Å²) in [5.74, 6) is -4.50. The first-order valence-corrected chi connectivity index (χ1v) is 10.3. The Hall–Kier alpha value is -2.50. The normalized spacial score (nSPS) is 10.0. The summed E-state index contributed by atoms with van der Waals surface area (Å²) in [5, 5.41) is 4.71. The van der Waals surface area contributed by atoms with Crippen LogP contribution >= 0.6 is 44.1 Å². The molecule has 0 saturated heterocycles. The van der Waals surface area contributed by atoms with E-state index >= 15 is 0 Å². The molecule has 0 unspecified atom stereocenters. The van der Waals surface area contributed by atoms with Crippen molar-refractivity contribution in [1.82, 2.24) is 5.32 Å². The van der Waals surface area contributed by atoms with Crippen LogP contribution in [-0.4, -0.2) is 11.0 Å². The topological polar surface area (TPSA) is 67.2 Å². The highest BCUT2D eigenvalue weighted by atomic mass is 79.9. The molecule has 0 spiro atoms. The average molecular weight is 579 g/mol. The Bertz CT molecular complexity index is 1090. The first-order valence-electron chi connectivity index (χ1n) is 8.31. The number of hydrogen-bond acceptors (Lipinski definition) is 3. The van der Waals surface area contributed by atoms with Crippen molar-refractivity contribution in [3.8, 4) is 0 Å². The summed E-state index contributed by atoms with van der Waals surface area (Å²) in [6, 6.07) is 13.7. The van der Waals surface area contributed by atoms with Crippen LogP contribution in [0, 0.1) is 23.3 Å². The van der Waals surface area contributed by atoms with Gasteiger partial charge in [0, 0.05) is 5.56 Å². The smallest absolute Gasteiger partial charge is 0.257 e. The van der Waals surface area contributed by atoms with Crippen LogP contribution in [0.2, 0.25) is 0 Å². The first-order chi connectivity index (χ1) is 14.6. The number of halogens is 6. The molecule has 0 saturated carbocycles. The molecular weight excluding hydrogens is 566 g/mol. The lowest BCUT2D eigenvalue weighted by Crippen LogP contribution is -2.34. The van der Waals surface area contributed by atoms with Gasteiger partial charge in [-0.15, -0.1) is 0 Å². The van der Waals surface area contributed by atoms with Crippen molar-refractivity contribution in [3.63, 3.8) is 0 Å². The van der Waals surface area contributed by atoms with Crippen molar-refractivity contribution < 1.29 is 22.4 Å². The molecule has 1 amide bonds. The Morgan fingerprint density at radius 3 is 1.94 bits per heavy atom. The molecule has 4 N–H and O–H groups in total. The van der Waals surface area contributed by atoms with Crippen LogP contribution in [0.5, 0.6) is 0 Å². The molecule has 0 radical (unpaired) electrons. The van der Waals surface area contributed by atoms with Gasteiger partial charge in [-0.05, 0) is 80.5 Å². The van der Waals surface area contributed by atoms with Gasteiger partial charge in [0.25, 0.3) is 5.91 Å². The van der Waals surface area contributed by atoms with E-state index in [0.717, 1.165) is 0 Å². The molecule has 11 heteroatoms. The van der Waals surface area contributed by atoms with E-state index < -0.39 is 29.2 Å². The first kappa shape index (κ1) is 24.8. The van der Waals surface area contributed by atoms with Gasteiger partial charge in [0.1, 0.15) is 0 Å². The molecule has 162 valence electrons. The zero-order valence-corrected chi connectivity index (χ0v) is 19.3. The number of carbonyl (C=O) groups excluding carboxylic acids is 1. The molecular formula is C20H13Br2F4N3OS. The monoisotopic (exact) mass is 577 g/mol. The highest BCUT2D eigenvalue weighted by molar-refractivity contribution is 9.10. The summed E-state index contributed by atoms with van der Waals surface area (Å²) in [4.78, 5) is 11.8. The van der Waals surface area contributed by atoms with Crippen molar-refractivity contribution in [2.75, 3.05) is 11.1 Å². The quantitative estimate of drug-likeness (QED) is 0.147. The Morgan fingerprint density at radius 1 is 0.806 bits per heavy atom. The summed E-state index contributed by atoms with van der Waals surface area (Å²) in [6.07, 6.45) is 0. The lowest BCUT2D eigenvalue weighted by Gasteiger charge is -2.11. The van der Waals surface area contributed by atoms with Gasteiger partial charge in [0.2, 0.25) is 0 Å². The lowest BCUT2D eigenvalue weighted by atomic mass is 10.2. The number of amides is 1. The minimum Gasteiger partial charge on any atom is -0.396 e. The van der Waals surface area contributed by atoms with Crippen LogP contribution in [0.4, 0.5) is 28.9 Å². The zero-order chi connectivity index (χ0) is 23.1. The molecule has 3 aromatic rings. The molecule has 0 atom stereocenters. The second-order valence-corrected chi connectivity index (χ2v) is 7.88. The van der Waals surface area contributed by atoms with E-state index in [-0.39, 0.29) is 25.4 Å². The number of hydrogen-bond donors (Lipinski definition) is 3. The lowest BCUT2D eigenvalue weighted by molar-refractivity contribution is 0.0977. The van der Waals surface area contributed by atoms with Crippen LogP contribution in [-0.2, 0) is 0 Å². The van der Waals surface area contributed by atoms with Crippen LogP contribution in [0.3, 0.4) is 0 Å². The summed E-state index contributed by atoms with van der Waals surface area (Å²) in [5.41, 5.74) is 5.12. The molecule has 0 aromatic heterocycles. The number of anilines is 2. The van der Waals surface area contributed by atoms with Crippen molar-refractivity contribution >= 4 is 66.5 Å². The minimum absolute atomic E-state index is 0.00443. The molecule has 0 bridgehead atoms. The van der Waals surface area contributed by atoms with Gasteiger partial charge in [-0.1, -0.05) is 18.2 Å². The van der Waals surface area contributed by atoms with Gasteiger partial charge in [-0.2, -0.15) is 0 Å². The van der Waals surface area contributed by atoms with Crippen LogP contribution in [0.1, 0.15) is 10.4 Å². The maximum atomic E-state index is 13.6. The Morgan fingerprint density at radius 2 is 1.35 bits per heavy atom. The fourth-order valence-electron chi connectivity index (χ4n) is 2.08. The third-order valence-electron chi connectivity index (χ3n) is 3.61. The highest BCUT2D eigenvalue weighted by Gasteiger charge is 2.14. The van der Waals surface area contributed by atoms with E-state index in [2.05, 4.69) is 42.5 Å². The van der Waals surface area contributed by atoms with Crippen molar-refractivity contribution in [3.05, 3.63) is 92.4 Å². The number of nitrogen functional groups attached to an aromatic ring is 1. The van der Waals surface area contributed by atoms with E-state index in [0.29, 0.717) is 5.56 Å². The second kappa shape index (κ2) is 11.2. The molecule has 4 nitrogen and oxygen atoms in total. The van der Waals surface area contributed by atoms with E-state index in [9.17, 15) is 22.4 Å². The van der Waals surface area contributed by atoms with Gasteiger partial charge in [0.05, 0.1) is 20.3 Å². The number of carbonyl (C=O) groups is 1. The predicted molar refractivity (Wildman–Crippen MR) is 123 cm³/mol. The predicted octanol–water partition coefficient (Wildman–Crippen LogP) is 6.16. The van der Waals surface area contributed by atoms with E-state index in [1.165, 1.54) is 24.3 Å². The van der Waals surface area contributed by atoms with E-state index in [1.54, 1.807) is 30.3 Å². The zero-order valence-electron chi connectivity index (χ0n) is 15.4. The fraction of sp³-hybridized carbons (Fsp3) is 0. The summed E-state index contributed by atoms with van der Waals surface area (Å²) in [6.45, 7) is 0. The van der Waals surface area contributed by atoms with Gasteiger partial charge < -0.3 is 11.1 Å². The van der Waals surface area contributed by atoms with E-state index in [1.807, 2.05) is 0 Å². The SMILES string of the molecule is Nc1ccc(Br)c(F)c1F.O=C(NC(=S)Nc1ccc(Br)c(F)c1F)c1ccccc1. The van der Waals surface area contributed by atoms with E-state index in [4.69, 9.17) is 18.0 Å². The van der Waals surface area contributed by atoms with Crippen LogP contribution in [0.15, 0.2) is 63.5 Å². The Kier molecular flexibility index (Phi) is 8.96. The highest BCUT2D eigenvalue weighted by Crippen LogP contribution is 2.24. The number of nitrogens with one attached hydrogen (secondary N) is 2. The number of rotatable bonds is 2. The standard InChI is InChI=1S/C14H9BrF2N2OS.C6H4BrF2N/c15-9-6-7-10(12(17)11(9)16)18-14(21)19-13(20)8-4-2-1-3-5-8;7-3-1-2-4(10)6(9)5(3)8/h1-7H,(H2,18,19,20,21);1-2H,10H2. The summed E-state index contributed by atoms with van der Waals surface area (Å²) < 4.78 is 52.1. The summed E-state index contributed by atoms with van der Waals surface area (Å²) >= 11 is 10.6. The molecule has 0 aliphatic rings. The number of benzene rings is 3. The number of nitrogens with two attached hydrogens (primary N) is 1. The maximum absolute atomic E-state index is 13.6. The molecule has 0 heterocycles. The molecule has 0 aliphatic carbocycles. The molecule has 31 heavy (non-hydrogen) atoms. The second-order valence-electron chi connectivity index (χ2n) is 5.76. The molecule has 0 fully saturated rings. The maximum Gasteiger partial charge on any atom is 0.257 e. The molecule has 3 rings (SSSR count). The van der Waals surface area contributed by atoms with Crippen LogP contribution < -0.4 is 16.4 Å². The minimum atomic E-state index is -1.08. The van der Waals surface area contributed by atoms with Gasteiger partial charge in [-0.25, -0.2) is 17.6 Å². The summed E-state index contributed by atoms with van der Waals surface area (Å²) in [7, 11) is 0. The third-order valence-corrected chi connectivity index (χ3v) is 5.04. The fourth-order valence-corrected chi connectivity index (χ4v) is 2.90. The Balaban J connectivity index is 0.000000285. The van der Waals surface area contributed by atoms with Crippen molar-refractivity contribution in [1.29, 1.82) is 0 Å². The van der Waals surface area contributed by atoms with Crippen LogP contribution in [0.25, 0.3) is 0 Å². The Labute approximate surface area is 197 Å². The van der Waals surface area contributed by atoms with Gasteiger partial charge >= 0.3 is 0 Å². The molecule has 0 aliphatic heterocycles. The molecule has 3 aromatic carbocycles.